The zero-order valence-corrected chi connectivity index (χ0v) is 10.8. The Hall–Kier alpha value is -1.20. The van der Waals surface area contributed by atoms with Gasteiger partial charge in [0.25, 0.3) is 5.91 Å². The van der Waals surface area contributed by atoms with Gasteiger partial charge in [0.15, 0.2) is 0 Å². The van der Waals surface area contributed by atoms with Crippen molar-refractivity contribution in [1.82, 2.24) is 5.32 Å². The molecule has 0 aromatic heterocycles. The van der Waals surface area contributed by atoms with Crippen molar-refractivity contribution in [2.24, 2.45) is 0 Å². The molecule has 1 aromatic rings. The van der Waals surface area contributed by atoms with E-state index in [4.69, 9.17) is 5.11 Å². The average molecular weight is 255 g/mol. The third kappa shape index (κ3) is 4.28. The summed E-state index contributed by atoms with van der Waals surface area (Å²) in [4.78, 5) is 12.4. The molecular weight excluding hydrogens is 238 g/mol. The second-order valence-electron chi connectivity index (χ2n) is 3.87. The average Bonchev–Trinajstić information content (AvgIpc) is 2.29. The first kappa shape index (κ1) is 13.9. The van der Waals surface area contributed by atoms with Crippen molar-refractivity contribution in [2.75, 3.05) is 12.9 Å². The fourth-order valence-corrected chi connectivity index (χ4v) is 1.89. The lowest BCUT2D eigenvalue weighted by atomic mass is 10.2. The predicted octanol–water partition coefficient (Wildman–Crippen LogP) is 0.925. The number of rotatable bonds is 5. The Bertz CT molecular complexity index is 403. The van der Waals surface area contributed by atoms with Crippen LogP contribution < -0.4 is 5.32 Å². The maximum Gasteiger partial charge on any atom is 0.251 e. The normalized spacial score (nSPS) is 14.1. The number of aliphatic hydroxyl groups is 1. The van der Waals surface area contributed by atoms with Crippen molar-refractivity contribution >= 4 is 16.7 Å². The number of carbonyl (C=O) groups excluding carboxylic acids is 1. The van der Waals surface area contributed by atoms with E-state index in [2.05, 4.69) is 5.32 Å². The molecule has 0 saturated carbocycles. The highest BCUT2D eigenvalue weighted by atomic mass is 32.2. The van der Waals surface area contributed by atoms with E-state index in [1.807, 2.05) is 6.92 Å². The molecule has 1 aromatic carbocycles. The van der Waals surface area contributed by atoms with E-state index in [0.29, 0.717) is 16.9 Å². The van der Waals surface area contributed by atoms with Gasteiger partial charge in [-0.05, 0) is 37.6 Å². The monoisotopic (exact) mass is 255 g/mol. The van der Waals surface area contributed by atoms with Gasteiger partial charge in [0, 0.05) is 40.2 Å². The number of carbonyl (C=O) groups is 1. The van der Waals surface area contributed by atoms with Crippen LogP contribution in [0.15, 0.2) is 29.2 Å². The Morgan fingerprint density at radius 1 is 1.41 bits per heavy atom. The third-order valence-electron chi connectivity index (χ3n) is 2.39. The minimum Gasteiger partial charge on any atom is -0.396 e. The van der Waals surface area contributed by atoms with Crippen LogP contribution in [0.4, 0.5) is 0 Å². The fourth-order valence-electron chi connectivity index (χ4n) is 1.37. The smallest absolute Gasteiger partial charge is 0.251 e. The number of benzene rings is 1. The van der Waals surface area contributed by atoms with Crippen LogP contribution in [-0.4, -0.2) is 34.1 Å². The van der Waals surface area contributed by atoms with Gasteiger partial charge in [-0.2, -0.15) is 0 Å². The molecule has 0 aliphatic heterocycles. The van der Waals surface area contributed by atoms with Crippen LogP contribution in [0, 0.1) is 0 Å². The molecule has 4 nitrogen and oxygen atoms in total. The molecule has 17 heavy (non-hydrogen) atoms. The summed E-state index contributed by atoms with van der Waals surface area (Å²) in [7, 11) is -1.03. The van der Waals surface area contributed by atoms with Crippen molar-refractivity contribution in [2.45, 2.75) is 24.3 Å². The Labute approximate surface area is 104 Å². The molecule has 0 heterocycles. The van der Waals surface area contributed by atoms with Gasteiger partial charge in [-0.3, -0.25) is 9.00 Å². The first-order chi connectivity index (χ1) is 8.04. The minimum absolute atomic E-state index is 0.0508. The molecule has 94 valence electrons. The fraction of sp³-hybridized carbons (Fsp3) is 0.417. The first-order valence-corrected chi connectivity index (χ1v) is 6.95. The molecule has 0 bridgehead atoms. The largest absolute Gasteiger partial charge is 0.396 e. The number of hydrogen-bond donors (Lipinski definition) is 2. The van der Waals surface area contributed by atoms with Crippen molar-refractivity contribution in [3.63, 3.8) is 0 Å². The second-order valence-corrected chi connectivity index (χ2v) is 5.24. The van der Waals surface area contributed by atoms with E-state index in [1.165, 1.54) is 0 Å². The van der Waals surface area contributed by atoms with Crippen LogP contribution >= 0.6 is 0 Å². The molecule has 2 atom stereocenters. The minimum atomic E-state index is -1.03. The Balaban J connectivity index is 2.66. The molecule has 0 aliphatic carbocycles. The molecular formula is C12H17NO3S. The van der Waals surface area contributed by atoms with Crippen LogP contribution in [0.1, 0.15) is 23.7 Å². The topological polar surface area (TPSA) is 66.4 Å². The summed E-state index contributed by atoms with van der Waals surface area (Å²) in [6.45, 7) is 1.89. The quantitative estimate of drug-likeness (QED) is 0.822. The highest BCUT2D eigenvalue weighted by Gasteiger charge is 2.09. The summed E-state index contributed by atoms with van der Waals surface area (Å²) in [6.07, 6.45) is 2.13. The molecule has 1 rings (SSSR count). The van der Waals surface area contributed by atoms with Crippen LogP contribution in [0.25, 0.3) is 0 Å². The van der Waals surface area contributed by atoms with E-state index in [1.54, 1.807) is 30.5 Å². The van der Waals surface area contributed by atoms with Gasteiger partial charge in [0.1, 0.15) is 0 Å². The highest BCUT2D eigenvalue weighted by molar-refractivity contribution is 7.84. The maximum atomic E-state index is 11.7. The summed E-state index contributed by atoms with van der Waals surface area (Å²) in [5.74, 6) is -0.181. The summed E-state index contributed by atoms with van der Waals surface area (Å²) >= 11 is 0. The second kappa shape index (κ2) is 6.51. The lowest BCUT2D eigenvalue weighted by Gasteiger charge is -2.12. The Morgan fingerprint density at radius 2 is 2.00 bits per heavy atom. The van der Waals surface area contributed by atoms with Crippen LogP contribution in [0.5, 0.6) is 0 Å². The SMILES string of the molecule is CC(CCO)NC(=O)c1ccc(S(C)=O)cc1. The van der Waals surface area contributed by atoms with E-state index in [0.717, 1.165) is 0 Å². The lowest BCUT2D eigenvalue weighted by Crippen LogP contribution is -2.33. The number of aliphatic hydroxyl groups excluding tert-OH is 1. The molecule has 0 aliphatic rings. The van der Waals surface area contributed by atoms with E-state index in [9.17, 15) is 9.00 Å². The van der Waals surface area contributed by atoms with Gasteiger partial charge in [0.05, 0.1) is 0 Å². The molecule has 0 spiro atoms. The summed E-state index contributed by atoms with van der Waals surface area (Å²) in [6, 6.07) is 6.60. The highest BCUT2D eigenvalue weighted by Crippen LogP contribution is 2.08. The van der Waals surface area contributed by atoms with Crippen molar-refractivity contribution in [3.8, 4) is 0 Å². The predicted molar refractivity (Wildman–Crippen MR) is 67.4 cm³/mol. The van der Waals surface area contributed by atoms with Crippen LogP contribution in [0.2, 0.25) is 0 Å². The van der Waals surface area contributed by atoms with Crippen molar-refractivity contribution < 1.29 is 14.1 Å². The van der Waals surface area contributed by atoms with Gasteiger partial charge in [-0.25, -0.2) is 0 Å². The maximum absolute atomic E-state index is 11.7. The van der Waals surface area contributed by atoms with Crippen LogP contribution in [0.3, 0.4) is 0 Å². The Morgan fingerprint density at radius 3 is 2.47 bits per heavy atom. The molecule has 0 fully saturated rings. The van der Waals surface area contributed by atoms with Gasteiger partial charge in [-0.15, -0.1) is 0 Å². The zero-order chi connectivity index (χ0) is 12.8. The molecule has 1 amide bonds. The number of nitrogens with one attached hydrogen (secondary N) is 1. The Kier molecular flexibility index (Phi) is 5.31. The number of hydrogen-bond acceptors (Lipinski definition) is 3. The van der Waals surface area contributed by atoms with Gasteiger partial charge < -0.3 is 10.4 Å². The molecule has 2 unspecified atom stereocenters. The van der Waals surface area contributed by atoms with Gasteiger partial charge in [0.2, 0.25) is 0 Å². The zero-order valence-electron chi connectivity index (χ0n) is 9.97. The third-order valence-corrected chi connectivity index (χ3v) is 3.32. The van der Waals surface area contributed by atoms with E-state index >= 15 is 0 Å². The van der Waals surface area contributed by atoms with Crippen molar-refractivity contribution in [3.05, 3.63) is 29.8 Å². The molecule has 2 N–H and O–H groups in total. The molecule has 0 saturated heterocycles. The standard InChI is InChI=1S/C12H17NO3S/c1-9(7-8-14)13-12(15)10-3-5-11(6-4-10)17(2)16/h3-6,9,14H,7-8H2,1-2H3,(H,13,15). The molecule has 5 heteroatoms. The lowest BCUT2D eigenvalue weighted by molar-refractivity contribution is 0.0934. The summed E-state index contributed by atoms with van der Waals surface area (Å²) in [5, 5.41) is 11.5. The summed E-state index contributed by atoms with van der Waals surface area (Å²) in [5.41, 5.74) is 0.531. The van der Waals surface area contributed by atoms with Gasteiger partial charge in [-0.1, -0.05) is 0 Å². The van der Waals surface area contributed by atoms with E-state index < -0.39 is 10.8 Å². The number of amides is 1. The van der Waals surface area contributed by atoms with Gasteiger partial charge >= 0.3 is 0 Å². The van der Waals surface area contributed by atoms with Crippen molar-refractivity contribution in [1.29, 1.82) is 0 Å². The van der Waals surface area contributed by atoms with E-state index in [-0.39, 0.29) is 18.6 Å². The molecule has 0 radical (unpaired) electrons. The van der Waals surface area contributed by atoms with Crippen LogP contribution in [-0.2, 0) is 10.8 Å². The first-order valence-electron chi connectivity index (χ1n) is 5.40. The summed E-state index contributed by atoms with van der Waals surface area (Å²) < 4.78 is 11.2.